The number of piperazine rings is 1. The van der Waals surface area contributed by atoms with Gasteiger partial charge in [0.25, 0.3) is 0 Å². The van der Waals surface area contributed by atoms with Gasteiger partial charge in [0, 0.05) is 32.7 Å². The summed E-state index contributed by atoms with van der Waals surface area (Å²) in [5, 5.41) is 3.52. The van der Waals surface area contributed by atoms with Crippen LogP contribution in [0.1, 0.15) is 31.9 Å². The highest BCUT2D eigenvalue weighted by Crippen LogP contribution is 2.32. The van der Waals surface area contributed by atoms with Gasteiger partial charge < -0.3 is 24.4 Å². The number of rotatable bonds is 4. The monoisotopic (exact) mass is 535 g/mol. The summed E-state index contributed by atoms with van der Waals surface area (Å²) in [4.78, 5) is 16.7. The number of nitrogens with zero attached hydrogens (tertiary/aromatic N) is 2. The number of hydrogen-bond donors (Lipinski definition) is 1. The molecule has 7 nitrogen and oxygen atoms in total. The van der Waals surface area contributed by atoms with Crippen molar-refractivity contribution in [2.45, 2.75) is 51.4 Å². The summed E-state index contributed by atoms with van der Waals surface area (Å²) in [6.45, 7) is 13.4. The SMILES string of the molecule is CC(C)(C)OC(=O)N1CC2COCC(C1)N2Cc1ccccc1.c1ccc(CC2C3CNCC2COC3)cc1. The van der Waals surface area contributed by atoms with Gasteiger partial charge in [-0.15, -0.1) is 0 Å². The van der Waals surface area contributed by atoms with Gasteiger partial charge in [0.2, 0.25) is 0 Å². The van der Waals surface area contributed by atoms with Crippen LogP contribution < -0.4 is 5.32 Å². The molecule has 1 N–H and O–H groups in total. The summed E-state index contributed by atoms with van der Waals surface area (Å²) in [6.07, 6.45) is 1.01. The molecule has 6 rings (SSSR count). The Balaban J connectivity index is 0.000000168. The van der Waals surface area contributed by atoms with Crippen molar-refractivity contribution in [3.8, 4) is 0 Å². The van der Waals surface area contributed by atoms with Crippen LogP contribution in [0.5, 0.6) is 0 Å². The van der Waals surface area contributed by atoms with Gasteiger partial charge in [-0.2, -0.15) is 0 Å². The van der Waals surface area contributed by atoms with Crippen LogP contribution in [0, 0.1) is 17.8 Å². The molecule has 39 heavy (non-hydrogen) atoms. The number of amides is 1. The summed E-state index contributed by atoms with van der Waals surface area (Å²) < 4.78 is 16.9. The van der Waals surface area contributed by atoms with Crippen LogP contribution in [0.4, 0.5) is 4.79 Å². The third-order valence-electron chi connectivity index (χ3n) is 8.28. The van der Waals surface area contributed by atoms with E-state index >= 15 is 0 Å². The molecule has 4 unspecified atom stereocenters. The Morgan fingerprint density at radius 2 is 1.38 bits per heavy atom. The Bertz CT molecular complexity index is 1010. The van der Waals surface area contributed by atoms with E-state index in [1.807, 2.05) is 31.7 Å². The lowest BCUT2D eigenvalue weighted by Gasteiger charge is -2.49. The van der Waals surface area contributed by atoms with Crippen molar-refractivity contribution in [2.24, 2.45) is 17.8 Å². The molecule has 4 saturated heterocycles. The molecule has 2 aromatic carbocycles. The number of benzene rings is 2. The molecule has 0 aromatic heterocycles. The van der Waals surface area contributed by atoms with Crippen molar-refractivity contribution in [1.29, 1.82) is 0 Å². The van der Waals surface area contributed by atoms with Crippen molar-refractivity contribution in [1.82, 2.24) is 15.1 Å². The predicted molar refractivity (Wildman–Crippen MR) is 152 cm³/mol. The fraction of sp³-hybridized carbons (Fsp3) is 0.594. The van der Waals surface area contributed by atoms with E-state index in [4.69, 9.17) is 14.2 Å². The molecule has 4 heterocycles. The molecule has 0 spiro atoms. The van der Waals surface area contributed by atoms with Gasteiger partial charge in [-0.05, 0) is 56.1 Å². The standard InChI is InChI=1S/C18H26N2O3.C14H19NO/c1-18(2,3)23-17(21)19-10-15-12-22-13-16(11-19)20(15)9-14-7-5-4-6-8-14;1-2-4-11(5-3-1)6-14-12-7-15-8-13(14)10-16-9-12/h4-8,15-16H,9-13H2,1-3H3;1-5,12-15H,6-10H2. The highest BCUT2D eigenvalue weighted by atomic mass is 16.6. The minimum atomic E-state index is -0.454. The lowest BCUT2D eigenvalue weighted by Crippen LogP contribution is -2.65. The summed E-state index contributed by atoms with van der Waals surface area (Å²) in [5.41, 5.74) is 2.32. The number of hydrogen-bond acceptors (Lipinski definition) is 6. The highest BCUT2D eigenvalue weighted by Gasteiger charge is 2.41. The molecule has 212 valence electrons. The van der Waals surface area contributed by atoms with Crippen LogP contribution in [0.2, 0.25) is 0 Å². The van der Waals surface area contributed by atoms with Gasteiger partial charge in [-0.1, -0.05) is 60.7 Å². The van der Waals surface area contributed by atoms with Gasteiger partial charge in [0.15, 0.2) is 0 Å². The molecule has 7 heteroatoms. The van der Waals surface area contributed by atoms with Crippen LogP contribution in [0.3, 0.4) is 0 Å². The Morgan fingerprint density at radius 3 is 1.95 bits per heavy atom. The number of piperidine rings is 1. The van der Waals surface area contributed by atoms with Crippen molar-refractivity contribution >= 4 is 6.09 Å². The first-order valence-corrected chi connectivity index (χ1v) is 14.5. The van der Waals surface area contributed by atoms with Crippen LogP contribution >= 0.6 is 0 Å². The highest BCUT2D eigenvalue weighted by molar-refractivity contribution is 5.68. The van der Waals surface area contributed by atoms with E-state index in [1.165, 1.54) is 17.5 Å². The molecule has 4 aliphatic rings. The number of fused-ring (bicyclic) bond motifs is 4. The van der Waals surface area contributed by atoms with Crippen molar-refractivity contribution in [3.05, 3.63) is 71.8 Å². The second-order valence-corrected chi connectivity index (χ2v) is 12.5. The Hall–Kier alpha value is -2.45. The van der Waals surface area contributed by atoms with Gasteiger partial charge in [0.1, 0.15) is 5.60 Å². The largest absolute Gasteiger partial charge is 0.444 e. The van der Waals surface area contributed by atoms with Crippen LogP contribution in [-0.2, 0) is 27.2 Å². The molecule has 4 aliphatic heterocycles. The van der Waals surface area contributed by atoms with Crippen molar-refractivity contribution < 1.29 is 19.0 Å². The van der Waals surface area contributed by atoms with Gasteiger partial charge in [-0.3, -0.25) is 4.90 Å². The van der Waals surface area contributed by atoms with Crippen molar-refractivity contribution in [2.75, 3.05) is 52.6 Å². The molecule has 4 bridgehead atoms. The topological polar surface area (TPSA) is 63.3 Å². The molecule has 0 aliphatic carbocycles. The maximum absolute atomic E-state index is 12.4. The van der Waals surface area contributed by atoms with Gasteiger partial charge in [0.05, 0.1) is 38.5 Å². The molecule has 0 saturated carbocycles. The predicted octanol–water partition coefficient (Wildman–Crippen LogP) is 4.22. The molecular formula is C32H45N3O4. The van der Waals surface area contributed by atoms with E-state index in [1.54, 1.807) is 0 Å². The van der Waals surface area contributed by atoms with E-state index in [2.05, 4.69) is 64.8 Å². The zero-order valence-corrected chi connectivity index (χ0v) is 23.8. The lowest BCUT2D eigenvalue weighted by atomic mass is 9.74. The quantitative estimate of drug-likeness (QED) is 0.633. The van der Waals surface area contributed by atoms with Gasteiger partial charge >= 0.3 is 6.09 Å². The fourth-order valence-electron chi connectivity index (χ4n) is 6.35. The van der Waals surface area contributed by atoms with E-state index in [0.29, 0.717) is 38.1 Å². The first-order chi connectivity index (χ1) is 18.9. The maximum Gasteiger partial charge on any atom is 0.410 e. The summed E-state index contributed by atoms with van der Waals surface area (Å²) >= 11 is 0. The second kappa shape index (κ2) is 12.8. The van der Waals surface area contributed by atoms with Crippen molar-refractivity contribution in [3.63, 3.8) is 0 Å². The van der Waals surface area contributed by atoms with Crippen LogP contribution in [0.15, 0.2) is 60.7 Å². The molecule has 4 atom stereocenters. The van der Waals surface area contributed by atoms with E-state index in [0.717, 1.165) is 38.8 Å². The van der Waals surface area contributed by atoms with E-state index in [9.17, 15) is 4.79 Å². The number of nitrogens with one attached hydrogen (secondary N) is 1. The lowest BCUT2D eigenvalue weighted by molar-refractivity contribution is -0.101. The zero-order chi connectivity index (χ0) is 27.2. The summed E-state index contributed by atoms with van der Waals surface area (Å²) in [7, 11) is 0. The smallest absolute Gasteiger partial charge is 0.410 e. The van der Waals surface area contributed by atoms with E-state index in [-0.39, 0.29) is 18.2 Å². The van der Waals surface area contributed by atoms with Gasteiger partial charge in [-0.25, -0.2) is 4.79 Å². The zero-order valence-electron chi connectivity index (χ0n) is 23.8. The molecule has 1 amide bonds. The Labute approximate surface area is 233 Å². The molecule has 0 radical (unpaired) electrons. The number of morpholine rings is 1. The summed E-state index contributed by atoms with van der Waals surface area (Å²) in [6, 6.07) is 21.8. The third-order valence-corrected chi connectivity index (χ3v) is 8.28. The molecule has 4 fully saturated rings. The van der Waals surface area contributed by atoms with Crippen LogP contribution in [-0.4, -0.2) is 86.2 Å². The number of ether oxygens (including phenoxy) is 3. The Morgan fingerprint density at radius 1 is 0.846 bits per heavy atom. The molecule has 2 aromatic rings. The maximum atomic E-state index is 12.4. The number of carbonyl (C=O) groups is 1. The average Bonchev–Trinajstić information content (AvgIpc) is 2.89. The van der Waals surface area contributed by atoms with E-state index < -0.39 is 5.60 Å². The second-order valence-electron chi connectivity index (χ2n) is 12.5. The normalized spacial score (nSPS) is 28.7. The third kappa shape index (κ3) is 7.60. The minimum absolute atomic E-state index is 0.214. The molecular weight excluding hydrogens is 490 g/mol. The van der Waals surface area contributed by atoms with Crippen LogP contribution in [0.25, 0.3) is 0 Å². The average molecular weight is 536 g/mol. The fourth-order valence-corrected chi connectivity index (χ4v) is 6.35. The minimum Gasteiger partial charge on any atom is -0.444 e. The number of carbonyl (C=O) groups excluding carboxylic acids is 1. The first-order valence-electron chi connectivity index (χ1n) is 14.5. The summed E-state index contributed by atoms with van der Waals surface area (Å²) in [5.74, 6) is 2.25. The first kappa shape index (κ1) is 28.1. The Kier molecular flexibility index (Phi) is 9.23.